The Morgan fingerprint density at radius 3 is 1.93 bits per heavy atom. The van der Waals surface area contributed by atoms with Crippen molar-refractivity contribution in [1.82, 2.24) is 8.61 Å². The first-order valence-electron chi connectivity index (χ1n) is 8.74. The van der Waals surface area contributed by atoms with Crippen molar-refractivity contribution in [2.45, 2.75) is 16.7 Å². The zero-order valence-electron chi connectivity index (χ0n) is 15.3. The smallest absolute Gasteiger partial charge is 0.244 e. The van der Waals surface area contributed by atoms with Crippen LogP contribution >= 0.6 is 15.9 Å². The maximum absolute atomic E-state index is 12.8. The summed E-state index contributed by atoms with van der Waals surface area (Å²) in [6.07, 6.45) is 0. The number of nitrogens with zero attached hydrogens (tertiary/aromatic N) is 2. The van der Waals surface area contributed by atoms with Crippen molar-refractivity contribution in [3.05, 3.63) is 53.0 Å². The monoisotopic (exact) mass is 488 g/mol. The van der Waals surface area contributed by atoms with Crippen molar-refractivity contribution in [2.24, 2.45) is 0 Å². The second-order valence-corrected chi connectivity index (χ2v) is 10.8. The molecule has 0 unspecified atom stereocenters. The lowest BCUT2D eigenvalue weighted by molar-refractivity contribution is 0.272. The molecule has 1 saturated heterocycles. The summed E-state index contributed by atoms with van der Waals surface area (Å²) in [7, 11) is -7.38. The first kappa shape index (κ1) is 21.3. The van der Waals surface area contributed by atoms with Crippen LogP contribution in [-0.2, 0) is 20.0 Å². The fourth-order valence-corrected chi connectivity index (χ4v) is 6.77. The second-order valence-electron chi connectivity index (χ2n) is 6.14. The van der Waals surface area contributed by atoms with Gasteiger partial charge >= 0.3 is 0 Å². The SMILES string of the molecule is CCOc1ccc(S(=O)(=O)N2CCN(S(=O)(=O)c3ccccc3Br)CC2)cc1. The van der Waals surface area contributed by atoms with Crippen molar-refractivity contribution in [3.63, 3.8) is 0 Å². The summed E-state index contributed by atoms with van der Waals surface area (Å²) in [6, 6.07) is 12.8. The molecule has 2 aromatic rings. The predicted molar refractivity (Wildman–Crippen MR) is 109 cm³/mol. The lowest BCUT2D eigenvalue weighted by Crippen LogP contribution is -2.50. The van der Waals surface area contributed by atoms with Crippen LogP contribution in [0.4, 0.5) is 0 Å². The highest BCUT2D eigenvalue weighted by molar-refractivity contribution is 9.10. The van der Waals surface area contributed by atoms with Crippen LogP contribution in [0, 0.1) is 0 Å². The Hall–Kier alpha value is -1.46. The zero-order valence-corrected chi connectivity index (χ0v) is 18.5. The van der Waals surface area contributed by atoms with Gasteiger partial charge in [-0.15, -0.1) is 0 Å². The van der Waals surface area contributed by atoms with Crippen LogP contribution in [0.5, 0.6) is 5.75 Å². The Bertz CT molecular complexity index is 1030. The highest BCUT2D eigenvalue weighted by Gasteiger charge is 2.34. The summed E-state index contributed by atoms with van der Waals surface area (Å²) < 4.78 is 59.8. The van der Waals surface area contributed by atoms with Crippen LogP contribution in [0.1, 0.15) is 6.92 Å². The third-order valence-electron chi connectivity index (χ3n) is 4.42. The molecule has 0 aromatic heterocycles. The molecule has 1 heterocycles. The van der Waals surface area contributed by atoms with Crippen LogP contribution in [-0.4, -0.2) is 58.2 Å². The van der Waals surface area contributed by atoms with E-state index in [0.717, 1.165) is 0 Å². The topological polar surface area (TPSA) is 84.0 Å². The van der Waals surface area contributed by atoms with Gasteiger partial charge < -0.3 is 4.74 Å². The van der Waals surface area contributed by atoms with E-state index in [9.17, 15) is 16.8 Å². The number of benzene rings is 2. The van der Waals surface area contributed by atoms with E-state index < -0.39 is 20.0 Å². The average molecular weight is 489 g/mol. The van der Waals surface area contributed by atoms with Gasteiger partial charge in [-0.2, -0.15) is 8.61 Å². The number of hydrogen-bond acceptors (Lipinski definition) is 5. The Morgan fingerprint density at radius 1 is 0.857 bits per heavy atom. The Morgan fingerprint density at radius 2 is 1.39 bits per heavy atom. The molecule has 0 radical (unpaired) electrons. The summed E-state index contributed by atoms with van der Waals surface area (Å²) in [4.78, 5) is 0.343. The van der Waals surface area contributed by atoms with Gasteiger partial charge in [-0.1, -0.05) is 12.1 Å². The minimum absolute atomic E-state index is 0.0965. The third kappa shape index (κ3) is 4.25. The standard InChI is InChI=1S/C18H21BrN2O5S2/c1-2-26-15-7-9-16(10-8-15)27(22,23)20-11-13-21(14-12-20)28(24,25)18-6-4-3-5-17(18)19/h3-10H,2,11-14H2,1H3. The molecule has 152 valence electrons. The van der Waals surface area contributed by atoms with Gasteiger partial charge in [0.05, 0.1) is 16.4 Å². The van der Waals surface area contributed by atoms with Crippen LogP contribution in [0.3, 0.4) is 0 Å². The van der Waals surface area contributed by atoms with Gasteiger partial charge in [-0.05, 0) is 59.3 Å². The van der Waals surface area contributed by atoms with E-state index in [-0.39, 0.29) is 36.0 Å². The van der Waals surface area contributed by atoms with E-state index in [1.54, 1.807) is 30.3 Å². The number of rotatable bonds is 6. The molecule has 0 amide bonds. The molecule has 0 N–H and O–H groups in total. The minimum Gasteiger partial charge on any atom is -0.494 e. The van der Waals surface area contributed by atoms with E-state index >= 15 is 0 Å². The van der Waals surface area contributed by atoms with Crippen LogP contribution < -0.4 is 4.74 Å². The fraction of sp³-hybridized carbons (Fsp3) is 0.333. The first-order valence-corrected chi connectivity index (χ1v) is 12.4. The van der Waals surface area contributed by atoms with Crippen molar-refractivity contribution >= 4 is 36.0 Å². The molecule has 0 bridgehead atoms. The molecule has 28 heavy (non-hydrogen) atoms. The van der Waals surface area contributed by atoms with Gasteiger partial charge in [0.2, 0.25) is 20.0 Å². The fourth-order valence-electron chi connectivity index (χ4n) is 2.97. The molecule has 10 heteroatoms. The van der Waals surface area contributed by atoms with E-state index in [1.165, 1.54) is 26.8 Å². The Labute approximate surface area is 174 Å². The van der Waals surface area contributed by atoms with Gasteiger partial charge in [-0.25, -0.2) is 16.8 Å². The van der Waals surface area contributed by atoms with E-state index in [4.69, 9.17) is 4.74 Å². The molecular formula is C18H21BrN2O5S2. The summed E-state index contributed by atoms with van der Waals surface area (Å²) in [5, 5.41) is 0. The van der Waals surface area contributed by atoms with Crippen molar-refractivity contribution in [1.29, 1.82) is 0 Å². The van der Waals surface area contributed by atoms with Crippen LogP contribution in [0.15, 0.2) is 62.8 Å². The molecule has 1 fully saturated rings. The number of halogens is 1. The molecule has 1 aliphatic rings. The predicted octanol–water partition coefficient (Wildman–Crippen LogP) is 2.54. The summed E-state index contributed by atoms with van der Waals surface area (Å²) >= 11 is 3.27. The normalized spacial score (nSPS) is 16.8. The largest absolute Gasteiger partial charge is 0.494 e. The summed E-state index contributed by atoms with van der Waals surface area (Å²) in [6.45, 7) is 2.74. The molecule has 2 aromatic carbocycles. The number of hydrogen-bond donors (Lipinski definition) is 0. The molecule has 1 aliphatic heterocycles. The van der Waals surface area contributed by atoms with Gasteiger partial charge in [0.25, 0.3) is 0 Å². The maximum Gasteiger partial charge on any atom is 0.244 e. The van der Waals surface area contributed by atoms with E-state index in [0.29, 0.717) is 16.8 Å². The lowest BCUT2D eigenvalue weighted by atomic mass is 10.3. The molecule has 0 atom stereocenters. The van der Waals surface area contributed by atoms with Crippen molar-refractivity contribution in [3.8, 4) is 5.75 Å². The van der Waals surface area contributed by atoms with E-state index in [1.807, 2.05) is 6.92 Å². The quantitative estimate of drug-likeness (QED) is 0.623. The Kier molecular flexibility index (Phi) is 6.45. The number of ether oxygens (including phenoxy) is 1. The Balaban J connectivity index is 1.73. The highest BCUT2D eigenvalue weighted by Crippen LogP contribution is 2.27. The molecule has 0 saturated carbocycles. The average Bonchev–Trinajstić information content (AvgIpc) is 2.69. The van der Waals surface area contributed by atoms with Crippen molar-refractivity contribution < 1.29 is 21.6 Å². The number of sulfonamides is 2. The molecule has 0 aliphatic carbocycles. The summed E-state index contributed by atoms with van der Waals surface area (Å²) in [5.74, 6) is 0.603. The minimum atomic E-state index is -3.69. The molecule has 7 nitrogen and oxygen atoms in total. The molecule has 0 spiro atoms. The van der Waals surface area contributed by atoms with Crippen LogP contribution in [0.2, 0.25) is 0 Å². The van der Waals surface area contributed by atoms with Crippen molar-refractivity contribution in [2.75, 3.05) is 32.8 Å². The zero-order chi connectivity index (χ0) is 20.4. The van der Waals surface area contributed by atoms with Gasteiger partial charge in [0, 0.05) is 30.7 Å². The summed E-state index contributed by atoms with van der Waals surface area (Å²) in [5.41, 5.74) is 0. The van der Waals surface area contributed by atoms with Crippen LogP contribution in [0.25, 0.3) is 0 Å². The third-order valence-corrected chi connectivity index (χ3v) is 9.25. The van der Waals surface area contributed by atoms with Gasteiger partial charge in [0.1, 0.15) is 5.75 Å². The first-order chi connectivity index (χ1) is 13.3. The second kappa shape index (κ2) is 8.50. The highest BCUT2D eigenvalue weighted by atomic mass is 79.9. The van der Waals surface area contributed by atoms with Gasteiger partial charge in [0.15, 0.2) is 0 Å². The lowest BCUT2D eigenvalue weighted by Gasteiger charge is -2.33. The van der Waals surface area contributed by atoms with Gasteiger partial charge in [-0.3, -0.25) is 0 Å². The number of piperazine rings is 1. The molecule has 3 rings (SSSR count). The maximum atomic E-state index is 12.8. The van der Waals surface area contributed by atoms with E-state index in [2.05, 4.69) is 15.9 Å². The molecular weight excluding hydrogens is 468 g/mol.